The van der Waals surface area contributed by atoms with E-state index in [1.807, 2.05) is 18.2 Å². The number of halogens is 3. The number of hydrogen-bond donors (Lipinski definition) is 0. The Hall–Kier alpha value is -4.38. The van der Waals surface area contributed by atoms with Crippen molar-refractivity contribution in [1.29, 1.82) is 0 Å². The first kappa shape index (κ1) is 31.1. The topological polar surface area (TPSA) is 16.1 Å². The predicted molar refractivity (Wildman–Crippen MR) is 177 cm³/mol. The summed E-state index contributed by atoms with van der Waals surface area (Å²) in [6.07, 6.45) is -2.90. The van der Waals surface area contributed by atoms with Gasteiger partial charge in [-0.15, -0.1) is 0 Å². The zero-order valence-electron chi connectivity index (χ0n) is 26.4. The molecule has 44 heavy (non-hydrogen) atoms. The highest BCUT2D eigenvalue weighted by Gasteiger charge is 2.34. The zero-order chi connectivity index (χ0) is 31.9. The molecule has 0 unspecified atom stereocenters. The van der Waals surface area contributed by atoms with Crippen LogP contribution in [-0.4, -0.2) is 4.98 Å². The van der Waals surface area contributed by atoms with Crippen molar-refractivity contribution in [1.82, 2.24) is 4.98 Å². The normalized spacial score (nSPS) is 12.3. The van der Waals surface area contributed by atoms with Crippen LogP contribution in [0.3, 0.4) is 0 Å². The van der Waals surface area contributed by atoms with E-state index in [1.165, 1.54) is 23.3 Å². The summed E-state index contributed by atoms with van der Waals surface area (Å²) >= 11 is 0. The van der Waals surface area contributed by atoms with Crippen molar-refractivity contribution in [2.24, 2.45) is 0 Å². The Morgan fingerprint density at radius 3 is 1.48 bits per heavy atom. The highest BCUT2D eigenvalue weighted by Crippen LogP contribution is 2.40. The molecule has 0 spiro atoms. The third kappa shape index (κ3) is 6.72. The quantitative estimate of drug-likeness (QED) is 0.202. The van der Waals surface area contributed by atoms with E-state index < -0.39 is 11.7 Å². The molecule has 0 fully saturated rings. The van der Waals surface area contributed by atoms with Crippen molar-refractivity contribution in [3.63, 3.8) is 0 Å². The van der Waals surface area contributed by atoms with E-state index in [9.17, 15) is 13.2 Å². The largest absolute Gasteiger partial charge is 0.417 e. The number of rotatable bonds is 5. The van der Waals surface area contributed by atoms with Gasteiger partial charge in [-0.05, 0) is 94.6 Å². The van der Waals surface area contributed by atoms with Gasteiger partial charge in [-0.2, -0.15) is 13.2 Å². The van der Waals surface area contributed by atoms with Crippen molar-refractivity contribution in [3.8, 4) is 22.4 Å². The molecule has 0 amide bonds. The molecule has 1 heterocycles. The molecule has 4 aromatic carbocycles. The van der Waals surface area contributed by atoms with Crippen LogP contribution < -0.4 is 4.90 Å². The lowest BCUT2D eigenvalue weighted by Crippen LogP contribution is -2.14. The van der Waals surface area contributed by atoms with Crippen molar-refractivity contribution < 1.29 is 13.2 Å². The minimum absolute atomic E-state index is 0.0439. The van der Waals surface area contributed by atoms with Gasteiger partial charge < -0.3 is 4.90 Å². The van der Waals surface area contributed by atoms with Crippen LogP contribution in [0, 0.1) is 6.92 Å². The van der Waals surface area contributed by atoms with E-state index >= 15 is 0 Å². The molecule has 5 heteroatoms. The maximum Gasteiger partial charge on any atom is 0.417 e. The molecule has 0 saturated carbocycles. The van der Waals surface area contributed by atoms with Crippen LogP contribution in [0.1, 0.15) is 63.8 Å². The zero-order valence-corrected chi connectivity index (χ0v) is 26.4. The van der Waals surface area contributed by atoms with Gasteiger partial charge >= 0.3 is 6.18 Å². The lowest BCUT2D eigenvalue weighted by molar-refractivity contribution is -0.137. The van der Waals surface area contributed by atoms with E-state index in [-0.39, 0.29) is 16.4 Å². The average molecular weight is 593 g/mol. The lowest BCUT2D eigenvalue weighted by Gasteiger charge is -2.28. The second-order valence-corrected chi connectivity index (χ2v) is 13.5. The lowest BCUT2D eigenvalue weighted by atomic mass is 9.86. The molecular formula is C39H39F3N2. The van der Waals surface area contributed by atoms with E-state index in [0.717, 1.165) is 28.2 Å². The van der Waals surface area contributed by atoms with Gasteiger partial charge in [0.25, 0.3) is 0 Å². The highest BCUT2D eigenvalue weighted by molar-refractivity contribution is 5.79. The number of benzene rings is 4. The Kier molecular flexibility index (Phi) is 8.19. The summed E-state index contributed by atoms with van der Waals surface area (Å²) in [6.45, 7) is 14.9. The molecule has 0 N–H and O–H groups in total. The van der Waals surface area contributed by atoms with E-state index in [0.29, 0.717) is 11.3 Å². The Morgan fingerprint density at radius 2 is 1.02 bits per heavy atom. The maximum absolute atomic E-state index is 13.9. The molecule has 0 bridgehead atoms. The molecular weight excluding hydrogens is 553 g/mol. The summed E-state index contributed by atoms with van der Waals surface area (Å²) in [4.78, 5) is 6.53. The van der Waals surface area contributed by atoms with Crippen LogP contribution in [-0.2, 0) is 17.0 Å². The van der Waals surface area contributed by atoms with Gasteiger partial charge in [0, 0.05) is 28.8 Å². The fourth-order valence-corrected chi connectivity index (χ4v) is 5.34. The number of anilines is 3. The van der Waals surface area contributed by atoms with Gasteiger partial charge in [-0.3, -0.25) is 4.98 Å². The molecule has 0 radical (unpaired) electrons. The van der Waals surface area contributed by atoms with Crippen LogP contribution in [0.4, 0.5) is 30.2 Å². The van der Waals surface area contributed by atoms with Gasteiger partial charge in [0.1, 0.15) is 0 Å². The fourth-order valence-electron chi connectivity index (χ4n) is 5.34. The SMILES string of the molecule is Cc1ccc(-c2cc(-c3ccc(N(c4ccc(C(C)(C)C)cc4)c4ccc(C(C)(C)C)cc4)cc3)ccn2)c(C(F)(F)F)c1. The van der Waals surface area contributed by atoms with E-state index in [2.05, 4.69) is 112 Å². The molecule has 0 saturated heterocycles. The first-order valence-electron chi connectivity index (χ1n) is 14.9. The number of aryl methyl sites for hydroxylation is 1. The van der Waals surface area contributed by atoms with Crippen LogP contribution in [0.25, 0.3) is 22.4 Å². The van der Waals surface area contributed by atoms with Gasteiger partial charge in [-0.25, -0.2) is 0 Å². The van der Waals surface area contributed by atoms with Gasteiger partial charge in [0.15, 0.2) is 0 Å². The summed E-state index contributed by atoms with van der Waals surface area (Å²) in [5.74, 6) is 0. The fraction of sp³-hybridized carbons (Fsp3) is 0.256. The molecule has 1 aromatic heterocycles. The summed E-state index contributed by atoms with van der Waals surface area (Å²) in [5, 5.41) is 0. The summed E-state index contributed by atoms with van der Waals surface area (Å²) in [5.41, 5.74) is 7.60. The molecule has 0 aliphatic rings. The number of hydrogen-bond acceptors (Lipinski definition) is 2. The standard InChI is InChI=1S/C39H39F3N2/c1-26-8-21-34(35(24-26)39(40,41)42)36-25-28(22-23-43-36)27-9-15-31(16-10-27)44(32-17-11-29(12-18-32)37(2,3)4)33-19-13-30(14-20-33)38(5,6)7/h8-25H,1-7H3. The Balaban J connectivity index is 1.53. The molecule has 2 nitrogen and oxygen atoms in total. The first-order chi connectivity index (χ1) is 20.6. The van der Waals surface area contributed by atoms with Crippen LogP contribution in [0.15, 0.2) is 109 Å². The second-order valence-electron chi connectivity index (χ2n) is 13.5. The Bertz CT molecular complexity index is 1680. The number of alkyl halides is 3. The molecule has 0 aliphatic heterocycles. The van der Waals surface area contributed by atoms with Crippen LogP contribution in [0.5, 0.6) is 0 Å². The van der Waals surface area contributed by atoms with Gasteiger partial charge in [-0.1, -0.05) is 95.6 Å². The first-order valence-corrected chi connectivity index (χ1v) is 14.9. The van der Waals surface area contributed by atoms with Crippen molar-refractivity contribution in [3.05, 3.63) is 132 Å². The average Bonchev–Trinajstić information content (AvgIpc) is 2.97. The highest BCUT2D eigenvalue weighted by atomic mass is 19.4. The Morgan fingerprint density at radius 1 is 0.545 bits per heavy atom. The van der Waals surface area contributed by atoms with Crippen molar-refractivity contribution >= 4 is 17.1 Å². The second kappa shape index (κ2) is 11.6. The van der Waals surface area contributed by atoms with Crippen LogP contribution in [0.2, 0.25) is 0 Å². The predicted octanol–water partition coefficient (Wildman–Crippen LogP) is 11.8. The minimum atomic E-state index is -4.47. The minimum Gasteiger partial charge on any atom is -0.311 e. The molecule has 0 atom stereocenters. The van der Waals surface area contributed by atoms with Gasteiger partial charge in [0.05, 0.1) is 11.3 Å². The van der Waals surface area contributed by atoms with Crippen molar-refractivity contribution in [2.45, 2.75) is 65.5 Å². The summed E-state index contributed by atoms with van der Waals surface area (Å²) < 4.78 is 41.6. The summed E-state index contributed by atoms with van der Waals surface area (Å²) in [7, 11) is 0. The molecule has 226 valence electrons. The third-order valence-corrected chi connectivity index (χ3v) is 7.96. The van der Waals surface area contributed by atoms with E-state index in [4.69, 9.17) is 0 Å². The molecule has 5 rings (SSSR count). The number of nitrogens with zero attached hydrogens (tertiary/aromatic N) is 2. The number of pyridine rings is 1. The van der Waals surface area contributed by atoms with Crippen molar-refractivity contribution in [2.75, 3.05) is 4.90 Å². The van der Waals surface area contributed by atoms with E-state index in [1.54, 1.807) is 25.3 Å². The smallest absolute Gasteiger partial charge is 0.311 e. The Labute approximate surface area is 259 Å². The van der Waals surface area contributed by atoms with Crippen LogP contribution >= 0.6 is 0 Å². The monoisotopic (exact) mass is 592 g/mol. The summed E-state index contributed by atoms with van der Waals surface area (Å²) in [6, 6.07) is 33.4. The van der Waals surface area contributed by atoms with Gasteiger partial charge in [0.2, 0.25) is 0 Å². The molecule has 0 aliphatic carbocycles. The third-order valence-electron chi connectivity index (χ3n) is 7.96. The number of aromatic nitrogens is 1. The molecule has 5 aromatic rings. The maximum atomic E-state index is 13.9.